The van der Waals surface area contributed by atoms with Gasteiger partial charge in [0.2, 0.25) is 0 Å². The highest BCUT2D eigenvalue weighted by atomic mass is 16.2. The number of carbonyl (C=O) groups is 2. The summed E-state index contributed by atoms with van der Waals surface area (Å²) in [5, 5.41) is 7.51. The molecule has 1 heterocycles. The van der Waals surface area contributed by atoms with E-state index < -0.39 is 0 Å². The lowest BCUT2D eigenvalue weighted by molar-refractivity contribution is 0.0928. The number of aromatic nitrogens is 1. The zero-order valence-electron chi connectivity index (χ0n) is 13.0. The van der Waals surface area contributed by atoms with E-state index in [4.69, 9.17) is 0 Å². The van der Waals surface area contributed by atoms with Crippen LogP contribution < -0.4 is 10.6 Å². The first-order valence-electron chi connectivity index (χ1n) is 7.70. The SMILES string of the molecule is O=C(NCCNC(=O)c1cccc2ccccc12)c1cccnc1. The Labute approximate surface area is 139 Å². The van der Waals surface area contributed by atoms with Crippen molar-refractivity contribution in [3.05, 3.63) is 78.1 Å². The molecule has 2 amide bonds. The van der Waals surface area contributed by atoms with Crippen molar-refractivity contribution in [1.29, 1.82) is 0 Å². The molecule has 2 N–H and O–H groups in total. The second kappa shape index (κ2) is 7.37. The molecular formula is C19H17N3O2. The molecule has 5 heteroatoms. The molecular weight excluding hydrogens is 302 g/mol. The van der Waals surface area contributed by atoms with Crippen LogP contribution >= 0.6 is 0 Å². The van der Waals surface area contributed by atoms with Crippen molar-refractivity contribution in [3.63, 3.8) is 0 Å². The Kier molecular flexibility index (Phi) is 4.81. The minimum Gasteiger partial charge on any atom is -0.350 e. The molecule has 0 saturated heterocycles. The molecule has 0 saturated carbocycles. The first kappa shape index (κ1) is 15.7. The fraction of sp³-hybridized carbons (Fsp3) is 0.105. The molecule has 5 nitrogen and oxygen atoms in total. The number of rotatable bonds is 5. The summed E-state index contributed by atoms with van der Waals surface area (Å²) in [6.07, 6.45) is 3.12. The van der Waals surface area contributed by atoms with Crippen LogP contribution in [0, 0.1) is 0 Å². The molecule has 3 aromatic rings. The summed E-state index contributed by atoms with van der Waals surface area (Å²) in [5.41, 5.74) is 1.13. The Bertz CT molecular complexity index is 857. The van der Waals surface area contributed by atoms with E-state index in [1.165, 1.54) is 6.20 Å². The maximum atomic E-state index is 12.3. The minimum atomic E-state index is -0.206. The van der Waals surface area contributed by atoms with Crippen LogP contribution in [0.25, 0.3) is 10.8 Å². The zero-order valence-corrected chi connectivity index (χ0v) is 13.0. The van der Waals surface area contributed by atoms with Crippen molar-refractivity contribution in [3.8, 4) is 0 Å². The van der Waals surface area contributed by atoms with Crippen molar-refractivity contribution >= 4 is 22.6 Å². The molecule has 1 aromatic heterocycles. The van der Waals surface area contributed by atoms with E-state index in [2.05, 4.69) is 15.6 Å². The Hall–Kier alpha value is -3.21. The number of pyridine rings is 1. The molecule has 2 aromatic carbocycles. The van der Waals surface area contributed by atoms with Crippen LogP contribution in [0.4, 0.5) is 0 Å². The fourth-order valence-electron chi connectivity index (χ4n) is 2.47. The number of fused-ring (bicyclic) bond motifs is 1. The molecule has 0 bridgehead atoms. The van der Waals surface area contributed by atoms with Crippen LogP contribution in [-0.2, 0) is 0 Å². The summed E-state index contributed by atoms with van der Waals surface area (Å²) >= 11 is 0. The van der Waals surface area contributed by atoms with Crippen LogP contribution in [-0.4, -0.2) is 29.9 Å². The van der Waals surface area contributed by atoms with Gasteiger partial charge in [0, 0.05) is 31.0 Å². The Morgan fingerprint density at radius 1 is 0.833 bits per heavy atom. The number of benzene rings is 2. The van der Waals surface area contributed by atoms with E-state index >= 15 is 0 Å². The van der Waals surface area contributed by atoms with E-state index in [1.54, 1.807) is 24.4 Å². The van der Waals surface area contributed by atoms with Gasteiger partial charge in [-0.15, -0.1) is 0 Å². The van der Waals surface area contributed by atoms with Crippen molar-refractivity contribution in [2.75, 3.05) is 13.1 Å². The first-order chi connectivity index (χ1) is 11.8. The van der Waals surface area contributed by atoms with Gasteiger partial charge in [-0.25, -0.2) is 0 Å². The second-order valence-electron chi connectivity index (χ2n) is 5.28. The fourth-order valence-corrected chi connectivity index (χ4v) is 2.47. The molecule has 0 spiro atoms. The molecule has 0 fully saturated rings. The van der Waals surface area contributed by atoms with Gasteiger partial charge in [-0.3, -0.25) is 14.6 Å². The highest BCUT2D eigenvalue weighted by Gasteiger charge is 2.09. The van der Waals surface area contributed by atoms with Gasteiger partial charge in [-0.05, 0) is 29.0 Å². The van der Waals surface area contributed by atoms with Crippen molar-refractivity contribution < 1.29 is 9.59 Å². The van der Waals surface area contributed by atoms with Crippen molar-refractivity contribution in [2.45, 2.75) is 0 Å². The quantitative estimate of drug-likeness (QED) is 0.709. The number of hydrogen-bond donors (Lipinski definition) is 2. The van der Waals surface area contributed by atoms with Gasteiger partial charge in [-0.1, -0.05) is 36.4 Å². The standard InChI is InChI=1S/C19H17N3O2/c23-18(15-7-4-10-20-13-15)21-11-12-22-19(24)17-9-3-6-14-5-1-2-8-16(14)17/h1-10,13H,11-12H2,(H,21,23)(H,22,24). The summed E-state index contributed by atoms with van der Waals surface area (Å²) in [7, 11) is 0. The second-order valence-corrected chi connectivity index (χ2v) is 5.28. The molecule has 3 rings (SSSR count). The molecule has 0 unspecified atom stereocenters. The lowest BCUT2D eigenvalue weighted by Gasteiger charge is -2.09. The van der Waals surface area contributed by atoms with Crippen LogP contribution in [0.5, 0.6) is 0 Å². The average Bonchev–Trinajstić information content (AvgIpc) is 2.65. The summed E-state index contributed by atoms with van der Waals surface area (Å²) in [5.74, 6) is -0.357. The molecule has 0 radical (unpaired) electrons. The van der Waals surface area contributed by atoms with Gasteiger partial charge < -0.3 is 10.6 Å². The normalized spacial score (nSPS) is 10.3. The summed E-state index contributed by atoms with van der Waals surface area (Å²) < 4.78 is 0. The Morgan fingerprint density at radius 2 is 1.58 bits per heavy atom. The number of nitrogens with zero attached hydrogens (tertiary/aromatic N) is 1. The van der Waals surface area contributed by atoms with Gasteiger partial charge >= 0.3 is 0 Å². The molecule has 24 heavy (non-hydrogen) atoms. The number of amides is 2. The van der Waals surface area contributed by atoms with Crippen molar-refractivity contribution in [1.82, 2.24) is 15.6 Å². The Balaban J connectivity index is 1.55. The zero-order chi connectivity index (χ0) is 16.8. The Morgan fingerprint density at radius 3 is 2.38 bits per heavy atom. The molecule has 0 aliphatic carbocycles. The predicted octanol–water partition coefficient (Wildman–Crippen LogP) is 2.39. The molecule has 0 aliphatic rings. The van der Waals surface area contributed by atoms with Gasteiger partial charge in [0.15, 0.2) is 0 Å². The first-order valence-corrected chi connectivity index (χ1v) is 7.70. The average molecular weight is 319 g/mol. The molecule has 0 atom stereocenters. The van der Waals surface area contributed by atoms with Crippen LogP contribution in [0.1, 0.15) is 20.7 Å². The van der Waals surface area contributed by atoms with Crippen molar-refractivity contribution in [2.24, 2.45) is 0 Å². The van der Waals surface area contributed by atoms with E-state index in [1.807, 2.05) is 36.4 Å². The number of hydrogen-bond acceptors (Lipinski definition) is 3. The highest BCUT2D eigenvalue weighted by molar-refractivity contribution is 6.07. The summed E-state index contributed by atoms with van der Waals surface area (Å²) in [6, 6.07) is 16.8. The monoisotopic (exact) mass is 319 g/mol. The lowest BCUT2D eigenvalue weighted by Crippen LogP contribution is -2.34. The molecule has 0 aliphatic heterocycles. The largest absolute Gasteiger partial charge is 0.350 e. The van der Waals surface area contributed by atoms with Crippen LogP contribution in [0.2, 0.25) is 0 Å². The van der Waals surface area contributed by atoms with Crippen LogP contribution in [0.3, 0.4) is 0 Å². The van der Waals surface area contributed by atoms with Gasteiger partial charge in [0.25, 0.3) is 11.8 Å². The molecule has 120 valence electrons. The predicted molar refractivity (Wildman–Crippen MR) is 92.9 cm³/mol. The highest BCUT2D eigenvalue weighted by Crippen LogP contribution is 2.18. The van der Waals surface area contributed by atoms with Gasteiger partial charge in [-0.2, -0.15) is 0 Å². The third-order valence-corrected chi connectivity index (χ3v) is 3.65. The van der Waals surface area contributed by atoms with Gasteiger partial charge in [0.05, 0.1) is 5.56 Å². The van der Waals surface area contributed by atoms with E-state index in [0.29, 0.717) is 24.2 Å². The summed E-state index contributed by atoms with van der Waals surface area (Å²) in [4.78, 5) is 28.1. The van der Waals surface area contributed by atoms with E-state index in [9.17, 15) is 9.59 Å². The number of nitrogens with one attached hydrogen (secondary N) is 2. The van der Waals surface area contributed by atoms with E-state index in [-0.39, 0.29) is 11.8 Å². The van der Waals surface area contributed by atoms with E-state index in [0.717, 1.165) is 10.8 Å². The lowest BCUT2D eigenvalue weighted by atomic mass is 10.0. The number of carbonyl (C=O) groups excluding carboxylic acids is 2. The van der Waals surface area contributed by atoms with Gasteiger partial charge in [0.1, 0.15) is 0 Å². The van der Waals surface area contributed by atoms with Crippen LogP contribution in [0.15, 0.2) is 67.0 Å². The minimum absolute atomic E-state index is 0.151. The maximum Gasteiger partial charge on any atom is 0.252 e. The summed E-state index contributed by atoms with van der Waals surface area (Å²) in [6.45, 7) is 0.707. The topological polar surface area (TPSA) is 71.1 Å². The smallest absolute Gasteiger partial charge is 0.252 e. The third-order valence-electron chi connectivity index (χ3n) is 3.65. The maximum absolute atomic E-state index is 12.3. The third kappa shape index (κ3) is 3.57.